The van der Waals surface area contributed by atoms with E-state index < -0.39 is 79.8 Å². The number of carboxylic acid groups (broad SMARTS) is 1. The SMILES string of the molecule is COc1ccc(COC[C@H]2O[C@@H](NC(=O)OC[C@H]3O[C@@H](C(=O)O)[C@H](OCc4ccccc4)[C@@H](OCc4ccccc4)[C@@H]3OCc3ccccc3)[C@H](OCc3ccccc3)[C@@H](OCc3ccccc3)[C@@H]2OCc2ccccc2)cc1. The molecule has 7 aromatic carbocycles. The van der Waals surface area contributed by atoms with Gasteiger partial charge in [-0.05, 0) is 51.1 Å². The summed E-state index contributed by atoms with van der Waals surface area (Å²) in [6.07, 6.45) is -11.5. The third-order valence-electron chi connectivity index (χ3n) is 13.6. The van der Waals surface area contributed by atoms with Crippen LogP contribution in [0.4, 0.5) is 4.79 Å². The average molecular weight is 1070 g/mol. The quantitative estimate of drug-likeness (QED) is 0.0499. The molecule has 15 nitrogen and oxygen atoms in total. The molecule has 2 fully saturated rings. The minimum Gasteiger partial charge on any atom is -0.497 e. The Morgan fingerprint density at radius 1 is 0.405 bits per heavy atom. The van der Waals surface area contributed by atoms with Crippen LogP contribution in [0, 0.1) is 0 Å². The van der Waals surface area contributed by atoms with E-state index in [2.05, 4.69) is 5.32 Å². The first-order valence-corrected chi connectivity index (χ1v) is 26.5. The minimum absolute atomic E-state index is 0.0279. The number of ether oxygens (including phenoxy) is 11. The van der Waals surface area contributed by atoms with Gasteiger partial charge in [-0.1, -0.05) is 194 Å². The van der Waals surface area contributed by atoms with E-state index in [1.165, 1.54) is 0 Å². The molecule has 0 bridgehead atoms. The maximum absolute atomic E-state index is 14.6. The number of carbonyl (C=O) groups is 2. The van der Waals surface area contributed by atoms with Gasteiger partial charge in [0.05, 0.1) is 60.0 Å². The number of rotatable bonds is 27. The predicted octanol–water partition coefficient (Wildman–Crippen LogP) is 10.0. The lowest BCUT2D eigenvalue weighted by Gasteiger charge is -2.46. The first kappa shape index (κ1) is 56.4. The van der Waals surface area contributed by atoms with E-state index in [0.717, 1.165) is 44.7 Å². The second kappa shape index (κ2) is 29.6. The van der Waals surface area contributed by atoms with Crippen molar-refractivity contribution in [3.63, 3.8) is 0 Å². The second-order valence-corrected chi connectivity index (χ2v) is 19.2. The van der Waals surface area contributed by atoms with Gasteiger partial charge < -0.3 is 57.2 Å². The van der Waals surface area contributed by atoms with Crippen molar-refractivity contribution >= 4 is 12.1 Å². The molecular weight excluding hydrogens is 1010 g/mol. The Morgan fingerprint density at radius 2 is 0.747 bits per heavy atom. The minimum atomic E-state index is -1.55. The van der Waals surface area contributed by atoms with Gasteiger partial charge in [0, 0.05) is 0 Å². The zero-order chi connectivity index (χ0) is 54.4. The van der Waals surface area contributed by atoms with E-state index in [0.29, 0.717) is 0 Å². The lowest BCUT2D eigenvalue weighted by atomic mass is 9.94. The molecule has 2 N–H and O–H groups in total. The fourth-order valence-corrected chi connectivity index (χ4v) is 9.49. The summed E-state index contributed by atoms with van der Waals surface area (Å²) in [6.45, 7) is 0.579. The lowest BCUT2D eigenvalue weighted by Crippen LogP contribution is -2.65. The summed E-state index contributed by atoms with van der Waals surface area (Å²) < 4.78 is 71.4. The molecule has 0 radical (unpaired) electrons. The molecule has 7 aromatic rings. The number of alkyl carbamates (subject to hydrolysis) is 1. The van der Waals surface area contributed by atoms with Crippen molar-refractivity contribution in [2.75, 3.05) is 20.3 Å². The van der Waals surface area contributed by atoms with E-state index in [4.69, 9.17) is 52.1 Å². The Bertz CT molecular complexity index is 2860. The molecule has 79 heavy (non-hydrogen) atoms. The molecule has 0 spiro atoms. The third-order valence-corrected chi connectivity index (χ3v) is 13.6. The number of benzene rings is 7. The molecule has 0 aliphatic carbocycles. The summed E-state index contributed by atoms with van der Waals surface area (Å²) in [4.78, 5) is 27.9. The van der Waals surface area contributed by atoms with Crippen LogP contribution in [0.15, 0.2) is 206 Å². The highest BCUT2D eigenvalue weighted by atomic mass is 16.7. The molecule has 2 aliphatic rings. The van der Waals surface area contributed by atoms with Crippen molar-refractivity contribution in [3.8, 4) is 5.75 Å². The zero-order valence-electron chi connectivity index (χ0n) is 44.0. The topological polar surface area (TPSA) is 168 Å². The Hall–Kier alpha value is -7.28. The van der Waals surface area contributed by atoms with E-state index >= 15 is 0 Å². The van der Waals surface area contributed by atoms with Gasteiger partial charge in [-0.3, -0.25) is 5.32 Å². The molecular formula is C64H67NO14. The monoisotopic (exact) mass is 1070 g/mol. The standard InChI is InChI=1S/C64H67NO14/c1-69-52-34-32-51(33-35-52)36-70-43-53-55(71-37-45-20-8-2-9-21-45)58(74-40-48-26-14-5-15-27-48)60(76-42-50-30-18-7-19-31-50)62(79-53)65-64(68)77-44-54-56(72-38-46-22-10-3-11-23-46)57(73-39-47-24-12-4-13-25-47)59(61(78-54)63(66)67)75-41-49-28-16-6-17-29-49/h2-35,53-62H,36-44H2,1H3,(H,65,68)(H,66,67)/t53-,54-,55-,56-,57+,58+,59-,60-,61-,62-/m1/s1. The predicted molar refractivity (Wildman–Crippen MR) is 292 cm³/mol. The van der Waals surface area contributed by atoms with Crippen LogP contribution in [-0.4, -0.2) is 98.7 Å². The highest BCUT2D eigenvalue weighted by Gasteiger charge is 2.52. The van der Waals surface area contributed by atoms with Crippen LogP contribution in [0.25, 0.3) is 0 Å². The van der Waals surface area contributed by atoms with Gasteiger partial charge >= 0.3 is 12.1 Å². The third kappa shape index (κ3) is 16.6. The average Bonchev–Trinajstić information content (AvgIpc) is 3.55. The molecule has 2 saturated heterocycles. The molecule has 0 aromatic heterocycles. The van der Waals surface area contributed by atoms with Crippen molar-refractivity contribution in [1.29, 1.82) is 0 Å². The molecule has 0 unspecified atom stereocenters. The Kier molecular flexibility index (Phi) is 21.2. The van der Waals surface area contributed by atoms with Crippen molar-refractivity contribution in [1.82, 2.24) is 5.32 Å². The van der Waals surface area contributed by atoms with E-state index in [1.54, 1.807) is 7.11 Å². The van der Waals surface area contributed by atoms with Crippen LogP contribution in [0.3, 0.4) is 0 Å². The van der Waals surface area contributed by atoms with Crippen LogP contribution in [0.1, 0.15) is 38.9 Å². The fourth-order valence-electron chi connectivity index (χ4n) is 9.49. The number of methoxy groups -OCH3 is 1. The van der Waals surface area contributed by atoms with Crippen LogP contribution in [0.2, 0.25) is 0 Å². The van der Waals surface area contributed by atoms with Crippen molar-refractivity contribution in [2.45, 2.75) is 107 Å². The van der Waals surface area contributed by atoms with Gasteiger partial charge in [-0.25, -0.2) is 9.59 Å². The molecule has 2 aliphatic heterocycles. The van der Waals surface area contributed by atoms with E-state index in [-0.39, 0.29) is 52.9 Å². The maximum Gasteiger partial charge on any atom is 0.409 e. The number of carbonyl (C=O) groups excluding carboxylic acids is 1. The van der Waals surface area contributed by atoms with Crippen LogP contribution < -0.4 is 10.1 Å². The molecule has 15 heteroatoms. The summed E-state index contributed by atoms with van der Waals surface area (Å²) in [6, 6.07) is 65.2. The van der Waals surface area contributed by atoms with E-state index in [9.17, 15) is 14.7 Å². The Morgan fingerprint density at radius 3 is 1.14 bits per heavy atom. The van der Waals surface area contributed by atoms with Crippen molar-refractivity contribution in [3.05, 3.63) is 245 Å². The van der Waals surface area contributed by atoms with Gasteiger partial charge in [0.15, 0.2) is 12.3 Å². The summed E-state index contributed by atoms with van der Waals surface area (Å²) in [7, 11) is 1.61. The highest BCUT2D eigenvalue weighted by molar-refractivity contribution is 5.73. The van der Waals surface area contributed by atoms with Crippen molar-refractivity contribution < 1.29 is 66.8 Å². The summed E-state index contributed by atoms with van der Waals surface area (Å²) in [5.41, 5.74) is 6.12. The normalized spacial score (nSPS) is 22.8. The molecule has 10 atom stereocenters. The Balaban J connectivity index is 1.01. The number of carboxylic acids is 1. The summed E-state index contributed by atoms with van der Waals surface area (Å²) in [5, 5.41) is 13.8. The Labute approximate surface area is 461 Å². The number of aliphatic carboxylic acids is 1. The van der Waals surface area contributed by atoms with Crippen molar-refractivity contribution in [2.24, 2.45) is 0 Å². The number of hydrogen-bond donors (Lipinski definition) is 2. The number of nitrogens with one attached hydrogen (secondary N) is 1. The second-order valence-electron chi connectivity index (χ2n) is 19.2. The molecule has 9 rings (SSSR count). The smallest absolute Gasteiger partial charge is 0.409 e. The summed E-state index contributed by atoms with van der Waals surface area (Å²) in [5.74, 6) is -0.572. The summed E-state index contributed by atoms with van der Waals surface area (Å²) >= 11 is 0. The molecule has 1 amide bonds. The largest absolute Gasteiger partial charge is 0.497 e. The highest BCUT2D eigenvalue weighted by Crippen LogP contribution is 2.33. The first-order valence-electron chi connectivity index (χ1n) is 26.5. The van der Waals surface area contributed by atoms with Gasteiger partial charge in [-0.15, -0.1) is 0 Å². The first-order chi connectivity index (χ1) is 38.9. The molecule has 2 heterocycles. The fraction of sp³-hybridized carbons (Fsp3) is 0.312. The van der Waals surface area contributed by atoms with Crippen LogP contribution in [-0.2, 0) is 98.4 Å². The zero-order valence-corrected chi connectivity index (χ0v) is 44.0. The lowest BCUT2D eigenvalue weighted by molar-refractivity contribution is -0.277. The van der Waals surface area contributed by atoms with Crippen LogP contribution >= 0.6 is 0 Å². The van der Waals surface area contributed by atoms with Crippen LogP contribution in [0.5, 0.6) is 5.75 Å². The van der Waals surface area contributed by atoms with Gasteiger partial charge in [0.2, 0.25) is 0 Å². The van der Waals surface area contributed by atoms with Gasteiger partial charge in [-0.2, -0.15) is 0 Å². The van der Waals surface area contributed by atoms with Gasteiger partial charge in [0.1, 0.15) is 61.2 Å². The maximum atomic E-state index is 14.6. The molecule has 0 saturated carbocycles. The van der Waals surface area contributed by atoms with E-state index in [1.807, 2.05) is 206 Å². The number of hydrogen-bond acceptors (Lipinski definition) is 13. The molecule has 412 valence electrons. The number of amides is 1. The van der Waals surface area contributed by atoms with Gasteiger partial charge in [0.25, 0.3) is 0 Å².